The SMILES string of the molecule is COc1cc(CNC(C)c2cccc(F)c2)ccc1C#N. The summed E-state index contributed by atoms with van der Waals surface area (Å²) in [4.78, 5) is 0. The second-order valence-corrected chi connectivity index (χ2v) is 4.80. The molecule has 0 amide bonds. The molecule has 0 radical (unpaired) electrons. The molecule has 2 aromatic rings. The highest BCUT2D eigenvalue weighted by molar-refractivity contribution is 5.45. The third-order valence-electron chi connectivity index (χ3n) is 3.35. The first-order valence-corrected chi connectivity index (χ1v) is 6.70. The minimum atomic E-state index is -0.235. The molecule has 1 N–H and O–H groups in total. The standard InChI is InChI=1S/C17H17FN2O/c1-12(14-4-3-5-16(18)9-14)20-11-13-6-7-15(10-19)17(8-13)21-2/h3-9,12,20H,11H2,1-2H3. The van der Waals surface area contributed by atoms with E-state index >= 15 is 0 Å². The molecule has 1 atom stereocenters. The topological polar surface area (TPSA) is 45.0 Å². The van der Waals surface area contributed by atoms with Crippen molar-refractivity contribution in [3.8, 4) is 11.8 Å². The maximum absolute atomic E-state index is 13.2. The largest absolute Gasteiger partial charge is 0.495 e. The molecular formula is C17H17FN2O. The van der Waals surface area contributed by atoms with Crippen molar-refractivity contribution in [1.29, 1.82) is 5.26 Å². The average Bonchev–Trinajstić information content (AvgIpc) is 2.52. The Kier molecular flexibility index (Phi) is 4.91. The Morgan fingerprint density at radius 3 is 2.76 bits per heavy atom. The van der Waals surface area contributed by atoms with Crippen LogP contribution in [0, 0.1) is 17.1 Å². The molecule has 2 rings (SSSR count). The van der Waals surface area contributed by atoms with Gasteiger partial charge in [-0.05, 0) is 42.3 Å². The van der Waals surface area contributed by atoms with Gasteiger partial charge in [-0.3, -0.25) is 0 Å². The molecule has 0 aliphatic rings. The predicted octanol–water partition coefficient (Wildman–Crippen LogP) is 3.56. The zero-order valence-electron chi connectivity index (χ0n) is 12.1. The Labute approximate surface area is 124 Å². The monoisotopic (exact) mass is 284 g/mol. The molecule has 0 fully saturated rings. The Hall–Kier alpha value is -2.38. The summed E-state index contributed by atoms with van der Waals surface area (Å²) in [5.74, 6) is 0.330. The number of methoxy groups -OCH3 is 1. The summed E-state index contributed by atoms with van der Waals surface area (Å²) in [5, 5.41) is 12.3. The van der Waals surface area contributed by atoms with E-state index in [9.17, 15) is 4.39 Å². The minimum absolute atomic E-state index is 0.0299. The zero-order valence-corrected chi connectivity index (χ0v) is 12.1. The van der Waals surface area contributed by atoms with E-state index < -0.39 is 0 Å². The van der Waals surface area contributed by atoms with Gasteiger partial charge >= 0.3 is 0 Å². The summed E-state index contributed by atoms with van der Waals surface area (Å²) < 4.78 is 18.4. The summed E-state index contributed by atoms with van der Waals surface area (Å²) >= 11 is 0. The zero-order chi connectivity index (χ0) is 15.2. The van der Waals surface area contributed by atoms with Gasteiger partial charge < -0.3 is 10.1 Å². The van der Waals surface area contributed by atoms with Gasteiger partial charge in [-0.1, -0.05) is 18.2 Å². The maximum atomic E-state index is 13.2. The third kappa shape index (κ3) is 3.80. The smallest absolute Gasteiger partial charge is 0.136 e. The molecule has 2 aromatic carbocycles. The maximum Gasteiger partial charge on any atom is 0.136 e. The third-order valence-corrected chi connectivity index (χ3v) is 3.35. The Balaban J connectivity index is 2.04. The quantitative estimate of drug-likeness (QED) is 0.913. The van der Waals surface area contributed by atoms with E-state index in [1.165, 1.54) is 12.1 Å². The number of nitrogens with one attached hydrogen (secondary N) is 1. The van der Waals surface area contributed by atoms with Crippen molar-refractivity contribution in [2.45, 2.75) is 19.5 Å². The molecule has 0 aromatic heterocycles. The van der Waals surface area contributed by atoms with Gasteiger partial charge in [-0.2, -0.15) is 5.26 Å². The molecule has 3 nitrogen and oxygen atoms in total. The molecule has 0 saturated heterocycles. The normalized spacial score (nSPS) is 11.7. The van der Waals surface area contributed by atoms with E-state index in [-0.39, 0.29) is 11.9 Å². The first-order valence-electron chi connectivity index (χ1n) is 6.70. The average molecular weight is 284 g/mol. The summed E-state index contributed by atoms with van der Waals surface area (Å²) in [5.41, 5.74) is 2.42. The molecule has 4 heteroatoms. The van der Waals surface area contributed by atoms with E-state index in [1.54, 1.807) is 19.2 Å². The number of nitrogens with zero attached hydrogens (tertiary/aromatic N) is 1. The van der Waals surface area contributed by atoms with Gasteiger partial charge in [0.2, 0.25) is 0 Å². The van der Waals surface area contributed by atoms with Crippen LogP contribution in [-0.2, 0) is 6.54 Å². The van der Waals surface area contributed by atoms with Crippen LogP contribution < -0.4 is 10.1 Å². The molecule has 108 valence electrons. The van der Waals surface area contributed by atoms with Gasteiger partial charge in [0.1, 0.15) is 17.6 Å². The Bertz CT molecular complexity index is 664. The molecule has 0 heterocycles. The van der Waals surface area contributed by atoms with Crippen LogP contribution in [-0.4, -0.2) is 7.11 Å². The molecular weight excluding hydrogens is 267 g/mol. The van der Waals surface area contributed by atoms with Crippen molar-refractivity contribution < 1.29 is 9.13 Å². The van der Waals surface area contributed by atoms with Crippen molar-refractivity contribution in [3.05, 3.63) is 65.0 Å². The number of hydrogen-bond acceptors (Lipinski definition) is 3. The van der Waals surface area contributed by atoms with Crippen LogP contribution in [0.25, 0.3) is 0 Å². The second kappa shape index (κ2) is 6.87. The van der Waals surface area contributed by atoms with E-state index in [2.05, 4.69) is 11.4 Å². The lowest BCUT2D eigenvalue weighted by Gasteiger charge is -2.15. The van der Waals surface area contributed by atoms with Crippen LogP contribution in [0.1, 0.15) is 29.7 Å². The lowest BCUT2D eigenvalue weighted by Crippen LogP contribution is -2.18. The van der Waals surface area contributed by atoms with Gasteiger partial charge in [-0.25, -0.2) is 4.39 Å². The number of ether oxygens (including phenoxy) is 1. The first kappa shape index (κ1) is 15.0. The van der Waals surface area contributed by atoms with Crippen molar-refractivity contribution >= 4 is 0 Å². The highest BCUT2D eigenvalue weighted by Gasteiger charge is 2.07. The Morgan fingerprint density at radius 2 is 2.10 bits per heavy atom. The van der Waals surface area contributed by atoms with Crippen LogP contribution in [0.2, 0.25) is 0 Å². The summed E-state index contributed by atoms with van der Waals surface area (Å²) in [6.07, 6.45) is 0. The van der Waals surface area contributed by atoms with E-state index in [4.69, 9.17) is 10.00 Å². The van der Waals surface area contributed by atoms with Gasteiger partial charge in [0.25, 0.3) is 0 Å². The van der Waals surface area contributed by atoms with Crippen LogP contribution in [0.5, 0.6) is 5.75 Å². The van der Waals surface area contributed by atoms with Crippen LogP contribution in [0.15, 0.2) is 42.5 Å². The molecule has 0 aliphatic carbocycles. The molecule has 0 spiro atoms. The molecule has 0 bridgehead atoms. The lowest BCUT2D eigenvalue weighted by molar-refractivity contribution is 0.412. The van der Waals surface area contributed by atoms with Gasteiger partial charge in [-0.15, -0.1) is 0 Å². The van der Waals surface area contributed by atoms with E-state index in [0.717, 1.165) is 11.1 Å². The number of hydrogen-bond donors (Lipinski definition) is 1. The Morgan fingerprint density at radius 1 is 1.29 bits per heavy atom. The van der Waals surface area contributed by atoms with Crippen LogP contribution >= 0.6 is 0 Å². The van der Waals surface area contributed by atoms with Crippen molar-refractivity contribution in [2.24, 2.45) is 0 Å². The summed E-state index contributed by atoms with van der Waals surface area (Å²) in [6.45, 7) is 2.59. The minimum Gasteiger partial charge on any atom is -0.495 e. The van der Waals surface area contributed by atoms with Crippen molar-refractivity contribution in [2.75, 3.05) is 7.11 Å². The molecule has 21 heavy (non-hydrogen) atoms. The van der Waals surface area contributed by atoms with Crippen LogP contribution in [0.3, 0.4) is 0 Å². The number of benzene rings is 2. The lowest BCUT2D eigenvalue weighted by atomic mass is 10.1. The fourth-order valence-corrected chi connectivity index (χ4v) is 2.10. The number of rotatable bonds is 5. The van der Waals surface area contributed by atoms with Crippen molar-refractivity contribution in [1.82, 2.24) is 5.32 Å². The molecule has 0 saturated carbocycles. The number of halogens is 1. The fraction of sp³-hybridized carbons (Fsp3) is 0.235. The highest BCUT2D eigenvalue weighted by atomic mass is 19.1. The van der Waals surface area contributed by atoms with E-state index in [0.29, 0.717) is 17.9 Å². The van der Waals surface area contributed by atoms with Gasteiger partial charge in [0.15, 0.2) is 0 Å². The van der Waals surface area contributed by atoms with Crippen LogP contribution in [0.4, 0.5) is 4.39 Å². The second-order valence-electron chi connectivity index (χ2n) is 4.80. The molecule has 0 aliphatic heterocycles. The van der Waals surface area contributed by atoms with Gasteiger partial charge in [0.05, 0.1) is 12.7 Å². The van der Waals surface area contributed by atoms with Gasteiger partial charge in [0, 0.05) is 12.6 Å². The fourth-order valence-electron chi connectivity index (χ4n) is 2.10. The highest BCUT2D eigenvalue weighted by Crippen LogP contribution is 2.20. The first-order chi connectivity index (χ1) is 10.1. The summed E-state index contributed by atoms with van der Waals surface area (Å²) in [6, 6.07) is 14.1. The predicted molar refractivity (Wildman–Crippen MR) is 79.4 cm³/mol. The number of nitriles is 1. The summed E-state index contributed by atoms with van der Waals surface area (Å²) in [7, 11) is 1.54. The van der Waals surface area contributed by atoms with E-state index in [1.807, 2.05) is 25.1 Å². The molecule has 1 unspecified atom stereocenters. The van der Waals surface area contributed by atoms with Crippen molar-refractivity contribution in [3.63, 3.8) is 0 Å².